The summed E-state index contributed by atoms with van der Waals surface area (Å²) in [6.45, 7) is 3.93. The van der Waals surface area contributed by atoms with Gasteiger partial charge in [0.1, 0.15) is 24.0 Å². The Morgan fingerprint density at radius 2 is 2.00 bits per heavy atom. The molecule has 2 aromatic carbocycles. The lowest BCUT2D eigenvalue weighted by Gasteiger charge is -2.10. The fraction of sp³-hybridized carbons (Fsp3) is 0.100. The monoisotopic (exact) mass is 350 g/mol. The Hall–Kier alpha value is -3.72. The van der Waals surface area contributed by atoms with Crippen LogP contribution in [-0.4, -0.2) is 24.7 Å². The molecule has 26 heavy (non-hydrogen) atoms. The minimum atomic E-state index is -0.552. The molecule has 2 N–H and O–H groups in total. The first-order chi connectivity index (χ1) is 12.6. The van der Waals surface area contributed by atoms with Crippen molar-refractivity contribution < 1.29 is 19.4 Å². The average Bonchev–Trinajstić information content (AvgIpc) is 2.66. The molecular formula is C20H18N2O4. The standard InChI is InChI=1S/C20H18N2O4/c1-3-10-26-18-9-4-14(12-19(18)25-2)11-15(13-21)20(24)22-16-5-7-17(23)8-6-16/h3-9,11-12,23H,1,10H2,2H3,(H,22,24)/b15-11-. The molecule has 0 unspecified atom stereocenters. The molecule has 0 saturated heterocycles. The third kappa shape index (κ3) is 4.89. The summed E-state index contributed by atoms with van der Waals surface area (Å²) in [4.78, 5) is 12.3. The summed E-state index contributed by atoms with van der Waals surface area (Å²) in [7, 11) is 1.51. The Labute approximate surface area is 151 Å². The number of aromatic hydroxyl groups is 1. The number of hydrogen-bond acceptors (Lipinski definition) is 5. The van der Waals surface area contributed by atoms with Crippen molar-refractivity contribution >= 4 is 17.7 Å². The van der Waals surface area contributed by atoms with Crippen LogP contribution < -0.4 is 14.8 Å². The van der Waals surface area contributed by atoms with Gasteiger partial charge in [-0.15, -0.1) is 0 Å². The number of amides is 1. The highest BCUT2D eigenvalue weighted by atomic mass is 16.5. The summed E-state index contributed by atoms with van der Waals surface area (Å²) >= 11 is 0. The lowest BCUT2D eigenvalue weighted by atomic mass is 10.1. The van der Waals surface area contributed by atoms with Gasteiger partial charge in [0.2, 0.25) is 0 Å². The van der Waals surface area contributed by atoms with Crippen molar-refractivity contribution in [2.75, 3.05) is 19.0 Å². The second-order valence-corrected chi connectivity index (χ2v) is 5.18. The zero-order valence-corrected chi connectivity index (χ0v) is 14.2. The number of hydrogen-bond donors (Lipinski definition) is 2. The SMILES string of the molecule is C=CCOc1ccc(/C=C(/C#N)C(=O)Nc2ccc(O)cc2)cc1OC. The number of methoxy groups -OCH3 is 1. The van der Waals surface area contributed by atoms with Crippen LogP contribution in [0, 0.1) is 11.3 Å². The third-order valence-electron chi connectivity index (χ3n) is 3.35. The number of carbonyl (C=O) groups is 1. The fourth-order valence-corrected chi connectivity index (χ4v) is 2.10. The van der Waals surface area contributed by atoms with Crippen LogP contribution in [0.1, 0.15) is 5.56 Å². The minimum absolute atomic E-state index is 0.0695. The topological polar surface area (TPSA) is 91.6 Å². The van der Waals surface area contributed by atoms with Crippen LogP contribution in [0.2, 0.25) is 0 Å². The zero-order chi connectivity index (χ0) is 18.9. The Bertz CT molecular complexity index is 864. The molecule has 0 aromatic heterocycles. The first-order valence-electron chi connectivity index (χ1n) is 7.71. The number of carbonyl (C=O) groups excluding carboxylic acids is 1. The number of phenols is 1. The molecule has 6 nitrogen and oxygen atoms in total. The highest BCUT2D eigenvalue weighted by Gasteiger charge is 2.11. The van der Waals surface area contributed by atoms with Crippen LogP contribution in [0.4, 0.5) is 5.69 Å². The maximum Gasteiger partial charge on any atom is 0.266 e. The van der Waals surface area contributed by atoms with Gasteiger partial charge in [0.05, 0.1) is 7.11 Å². The van der Waals surface area contributed by atoms with Crippen molar-refractivity contribution in [1.82, 2.24) is 0 Å². The molecule has 0 fully saturated rings. The summed E-state index contributed by atoms with van der Waals surface area (Å²) in [6.07, 6.45) is 3.07. The predicted molar refractivity (Wildman–Crippen MR) is 99.0 cm³/mol. The van der Waals surface area contributed by atoms with Crippen molar-refractivity contribution in [3.63, 3.8) is 0 Å². The van der Waals surface area contributed by atoms with E-state index >= 15 is 0 Å². The molecule has 0 atom stereocenters. The van der Waals surface area contributed by atoms with E-state index in [1.54, 1.807) is 24.3 Å². The van der Waals surface area contributed by atoms with Crippen LogP contribution in [-0.2, 0) is 4.79 Å². The number of benzene rings is 2. The van der Waals surface area contributed by atoms with Crippen LogP contribution in [0.25, 0.3) is 6.08 Å². The van der Waals surface area contributed by atoms with Crippen LogP contribution in [0.3, 0.4) is 0 Å². The van der Waals surface area contributed by atoms with Crippen molar-refractivity contribution in [2.45, 2.75) is 0 Å². The molecular weight excluding hydrogens is 332 g/mol. The normalized spacial score (nSPS) is 10.5. The summed E-state index contributed by atoms with van der Waals surface area (Å²) in [5.41, 5.74) is 1.02. The van der Waals surface area contributed by atoms with Crippen LogP contribution in [0.5, 0.6) is 17.2 Å². The van der Waals surface area contributed by atoms with Gasteiger partial charge >= 0.3 is 0 Å². The van der Waals surface area contributed by atoms with Gasteiger partial charge < -0.3 is 19.9 Å². The Balaban J connectivity index is 2.21. The second kappa shape index (κ2) is 8.94. The molecule has 6 heteroatoms. The van der Waals surface area contributed by atoms with E-state index in [-0.39, 0.29) is 11.3 Å². The first-order valence-corrected chi connectivity index (χ1v) is 7.71. The van der Waals surface area contributed by atoms with Gasteiger partial charge in [0.15, 0.2) is 11.5 Å². The molecule has 0 spiro atoms. The van der Waals surface area contributed by atoms with E-state index in [1.165, 1.54) is 37.5 Å². The Kier molecular flexibility index (Phi) is 6.40. The zero-order valence-electron chi connectivity index (χ0n) is 14.2. The van der Waals surface area contributed by atoms with Gasteiger partial charge in [0.25, 0.3) is 5.91 Å². The average molecular weight is 350 g/mol. The van der Waals surface area contributed by atoms with E-state index < -0.39 is 5.91 Å². The number of nitrogens with zero attached hydrogens (tertiary/aromatic N) is 1. The van der Waals surface area contributed by atoms with Gasteiger partial charge in [-0.1, -0.05) is 18.7 Å². The largest absolute Gasteiger partial charge is 0.508 e. The molecule has 0 bridgehead atoms. The number of rotatable bonds is 7. The maximum absolute atomic E-state index is 12.3. The van der Waals surface area contributed by atoms with Gasteiger partial charge in [0, 0.05) is 5.69 Å². The summed E-state index contributed by atoms with van der Waals surface area (Å²) in [5, 5.41) is 21.2. The van der Waals surface area contributed by atoms with Crippen molar-refractivity contribution in [2.24, 2.45) is 0 Å². The van der Waals surface area contributed by atoms with Gasteiger partial charge in [-0.2, -0.15) is 5.26 Å². The van der Waals surface area contributed by atoms with Crippen molar-refractivity contribution in [1.29, 1.82) is 5.26 Å². The van der Waals surface area contributed by atoms with E-state index in [4.69, 9.17) is 9.47 Å². The molecule has 0 aliphatic heterocycles. The fourth-order valence-electron chi connectivity index (χ4n) is 2.10. The summed E-state index contributed by atoms with van der Waals surface area (Å²) < 4.78 is 10.7. The van der Waals surface area contributed by atoms with Crippen molar-refractivity contribution in [3.05, 3.63) is 66.3 Å². The Morgan fingerprint density at radius 3 is 2.62 bits per heavy atom. The van der Waals surface area contributed by atoms with E-state index in [2.05, 4.69) is 11.9 Å². The molecule has 0 radical (unpaired) electrons. The second-order valence-electron chi connectivity index (χ2n) is 5.18. The molecule has 0 aliphatic rings. The third-order valence-corrected chi connectivity index (χ3v) is 3.35. The Morgan fingerprint density at radius 1 is 1.27 bits per heavy atom. The smallest absolute Gasteiger partial charge is 0.266 e. The maximum atomic E-state index is 12.3. The molecule has 2 aromatic rings. The summed E-state index contributed by atoms with van der Waals surface area (Å²) in [5.74, 6) is 0.558. The van der Waals surface area contributed by atoms with Crippen LogP contribution >= 0.6 is 0 Å². The van der Waals surface area contributed by atoms with Crippen molar-refractivity contribution in [3.8, 4) is 23.3 Å². The summed E-state index contributed by atoms with van der Waals surface area (Å²) in [6, 6.07) is 12.9. The van der Waals surface area contributed by atoms with E-state index in [0.29, 0.717) is 29.4 Å². The molecule has 2 rings (SSSR count). The first kappa shape index (κ1) is 18.6. The number of nitriles is 1. The molecule has 0 saturated carbocycles. The highest BCUT2D eigenvalue weighted by molar-refractivity contribution is 6.09. The molecule has 0 aliphatic carbocycles. The van der Waals surface area contributed by atoms with E-state index in [0.717, 1.165) is 0 Å². The molecule has 0 heterocycles. The minimum Gasteiger partial charge on any atom is -0.508 e. The van der Waals surface area contributed by atoms with Gasteiger partial charge in [-0.05, 0) is 48.0 Å². The number of nitrogens with one attached hydrogen (secondary N) is 1. The van der Waals surface area contributed by atoms with E-state index in [9.17, 15) is 15.2 Å². The quantitative estimate of drug-likeness (QED) is 0.345. The highest BCUT2D eigenvalue weighted by Crippen LogP contribution is 2.29. The lowest BCUT2D eigenvalue weighted by Crippen LogP contribution is -2.13. The number of anilines is 1. The van der Waals surface area contributed by atoms with Crippen LogP contribution in [0.15, 0.2) is 60.7 Å². The van der Waals surface area contributed by atoms with Gasteiger partial charge in [-0.3, -0.25) is 4.79 Å². The van der Waals surface area contributed by atoms with E-state index in [1.807, 2.05) is 6.07 Å². The number of phenolic OH excluding ortho intramolecular Hbond substituents is 1. The molecule has 1 amide bonds. The molecule has 132 valence electrons. The number of ether oxygens (including phenoxy) is 2. The van der Waals surface area contributed by atoms with Gasteiger partial charge in [-0.25, -0.2) is 0 Å². The lowest BCUT2D eigenvalue weighted by molar-refractivity contribution is -0.112. The predicted octanol–water partition coefficient (Wildman–Crippen LogP) is 3.51.